The van der Waals surface area contributed by atoms with Crippen LogP contribution in [-0.2, 0) is 28.6 Å². The van der Waals surface area contributed by atoms with E-state index >= 15 is 0 Å². The van der Waals surface area contributed by atoms with E-state index in [4.69, 9.17) is 14.2 Å². The smallest absolute Gasteiger partial charge is 0.306 e. The van der Waals surface area contributed by atoms with Crippen molar-refractivity contribution in [2.24, 2.45) is 0 Å². The van der Waals surface area contributed by atoms with Gasteiger partial charge in [0.15, 0.2) is 6.10 Å². The maximum Gasteiger partial charge on any atom is 0.306 e. The zero-order valence-electron chi connectivity index (χ0n) is 54.4. The Morgan fingerprint density at radius 1 is 0.237 bits per heavy atom. The molecule has 0 aliphatic rings. The van der Waals surface area contributed by atoms with Gasteiger partial charge in [-0.25, -0.2) is 0 Å². The van der Waals surface area contributed by atoms with E-state index in [9.17, 15) is 14.4 Å². The number of carbonyl (C=O) groups excluding carboxylic acids is 3. The van der Waals surface area contributed by atoms with Gasteiger partial charge in [-0.05, 0) is 70.6 Å². The second kappa shape index (κ2) is 69.4. The van der Waals surface area contributed by atoms with E-state index in [1.165, 1.54) is 315 Å². The second-order valence-electron chi connectivity index (χ2n) is 24.9. The largest absolute Gasteiger partial charge is 0.462 e. The molecule has 6 heteroatoms. The Labute approximate surface area is 500 Å². The van der Waals surface area contributed by atoms with Crippen LogP contribution in [0.25, 0.3) is 0 Å². The van der Waals surface area contributed by atoms with Crippen molar-refractivity contribution in [3.05, 3.63) is 24.3 Å². The summed E-state index contributed by atoms with van der Waals surface area (Å²) in [6.07, 6.45) is 84.9. The van der Waals surface area contributed by atoms with Gasteiger partial charge < -0.3 is 14.2 Å². The molecule has 0 aliphatic carbocycles. The van der Waals surface area contributed by atoms with Crippen molar-refractivity contribution in [2.75, 3.05) is 13.2 Å². The normalized spacial score (nSPS) is 12.1. The summed E-state index contributed by atoms with van der Waals surface area (Å²) in [5.74, 6) is -0.841. The molecule has 0 rings (SSSR count). The van der Waals surface area contributed by atoms with E-state index in [0.717, 1.165) is 57.8 Å². The third-order valence-corrected chi connectivity index (χ3v) is 16.7. The molecule has 0 spiro atoms. The number of rotatable bonds is 68. The van der Waals surface area contributed by atoms with E-state index < -0.39 is 6.10 Å². The van der Waals surface area contributed by atoms with Gasteiger partial charge in [-0.3, -0.25) is 14.4 Å². The maximum absolute atomic E-state index is 13.0. The molecular formula is C74H140O6. The van der Waals surface area contributed by atoms with Crippen LogP contribution in [0.15, 0.2) is 24.3 Å². The standard InChI is InChI=1S/C74H140O6/c1-4-7-10-13-16-19-22-25-28-31-33-35-36-37-39-40-43-46-49-52-55-58-61-64-67-73(76)79-70-71(69-78-72(75)66-63-60-57-54-51-48-45-42-30-27-24-21-18-15-12-9-6-3)80-74(77)68-65-62-59-56-53-50-47-44-41-38-34-32-29-26-23-20-17-14-11-8-5-2/h27,30,32,34,71H,4-26,28-29,31,33,35-70H2,1-3H3/b30-27-,34-32-. The van der Waals surface area contributed by atoms with Crippen molar-refractivity contribution in [3.63, 3.8) is 0 Å². The first-order valence-corrected chi connectivity index (χ1v) is 36.3. The Morgan fingerprint density at radius 3 is 0.625 bits per heavy atom. The lowest BCUT2D eigenvalue weighted by Crippen LogP contribution is -2.30. The Kier molecular flexibility index (Phi) is 67.6. The van der Waals surface area contributed by atoms with Crippen LogP contribution in [0.5, 0.6) is 0 Å². The first kappa shape index (κ1) is 77.9. The summed E-state index contributed by atoms with van der Waals surface area (Å²) in [6, 6.07) is 0. The molecule has 0 aliphatic heterocycles. The average molecular weight is 1130 g/mol. The fourth-order valence-electron chi connectivity index (χ4n) is 11.2. The molecule has 0 N–H and O–H groups in total. The maximum atomic E-state index is 13.0. The van der Waals surface area contributed by atoms with Crippen molar-refractivity contribution < 1.29 is 28.6 Å². The van der Waals surface area contributed by atoms with Gasteiger partial charge >= 0.3 is 17.9 Å². The second-order valence-corrected chi connectivity index (χ2v) is 24.9. The number of hydrogen-bond acceptors (Lipinski definition) is 6. The molecule has 472 valence electrons. The minimum atomic E-state index is -0.773. The van der Waals surface area contributed by atoms with Gasteiger partial charge in [0.05, 0.1) is 0 Å². The van der Waals surface area contributed by atoms with Gasteiger partial charge in [-0.15, -0.1) is 0 Å². The molecule has 0 bridgehead atoms. The molecule has 0 heterocycles. The fourth-order valence-corrected chi connectivity index (χ4v) is 11.2. The van der Waals surface area contributed by atoms with E-state index in [1.807, 2.05) is 0 Å². The fraction of sp³-hybridized carbons (Fsp3) is 0.905. The first-order chi connectivity index (χ1) is 39.5. The molecule has 0 aromatic heterocycles. The molecular weight excluding hydrogens is 985 g/mol. The van der Waals surface area contributed by atoms with Crippen LogP contribution >= 0.6 is 0 Å². The minimum Gasteiger partial charge on any atom is -0.462 e. The Hall–Kier alpha value is -2.11. The number of carbonyl (C=O) groups is 3. The number of ether oxygens (including phenoxy) is 3. The average Bonchev–Trinajstić information content (AvgIpc) is 3.46. The van der Waals surface area contributed by atoms with Crippen LogP contribution in [-0.4, -0.2) is 37.2 Å². The highest BCUT2D eigenvalue weighted by atomic mass is 16.6. The van der Waals surface area contributed by atoms with Crippen LogP contribution in [0.1, 0.15) is 412 Å². The van der Waals surface area contributed by atoms with Crippen molar-refractivity contribution in [1.29, 1.82) is 0 Å². The van der Waals surface area contributed by atoms with Gasteiger partial charge in [0.2, 0.25) is 0 Å². The van der Waals surface area contributed by atoms with Crippen LogP contribution in [0.4, 0.5) is 0 Å². The lowest BCUT2D eigenvalue weighted by molar-refractivity contribution is -0.167. The van der Waals surface area contributed by atoms with Crippen molar-refractivity contribution >= 4 is 17.9 Å². The van der Waals surface area contributed by atoms with Crippen LogP contribution in [0, 0.1) is 0 Å². The molecule has 0 saturated carbocycles. The van der Waals surface area contributed by atoms with E-state index in [2.05, 4.69) is 45.1 Å². The lowest BCUT2D eigenvalue weighted by Gasteiger charge is -2.18. The Balaban J connectivity index is 4.28. The summed E-state index contributed by atoms with van der Waals surface area (Å²) in [5, 5.41) is 0. The number of unbranched alkanes of at least 4 members (excludes halogenated alkanes) is 53. The molecule has 0 fully saturated rings. The lowest BCUT2D eigenvalue weighted by atomic mass is 10.0. The monoisotopic (exact) mass is 1130 g/mol. The molecule has 0 aromatic rings. The summed E-state index contributed by atoms with van der Waals surface area (Å²) >= 11 is 0. The van der Waals surface area contributed by atoms with Gasteiger partial charge in [0.1, 0.15) is 13.2 Å². The third-order valence-electron chi connectivity index (χ3n) is 16.7. The molecule has 0 amide bonds. The minimum absolute atomic E-state index is 0.0677. The quantitative estimate of drug-likeness (QED) is 0.0261. The topological polar surface area (TPSA) is 78.9 Å². The van der Waals surface area contributed by atoms with Crippen molar-refractivity contribution in [2.45, 2.75) is 419 Å². The zero-order valence-corrected chi connectivity index (χ0v) is 54.4. The van der Waals surface area contributed by atoms with Crippen LogP contribution in [0.3, 0.4) is 0 Å². The van der Waals surface area contributed by atoms with Gasteiger partial charge in [0, 0.05) is 19.3 Å². The van der Waals surface area contributed by atoms with Gasteiger partial charge in [-0.2, -0.15) is 0 Å². The Bertz CT molecular complexity index is 1290. The molecule has 6 nitrogen and oxygen atoms in total. The van der Waals surface area contributed by atoms with E-state index in [1.54, 1.807) is 0 Å². The van der Waals surface area contributed by atoms with Gasteiger partial charge in [0.25, 0.3) is 0 Å². The molecule has 1 atom stereocenters. The molecule has 0 radical (unpaired) electrons. The number of esters is 3. The number of hydrogen-bond donors (Lipinski definition) is 0. The van der Waals surface area contributed by atoms with Gasteiger partial charge in [-0.1, -0.05) is 347 Å². The molecule has 0 saturated heterocycles. The molecule has 0 aromatic carbocycles. The first-order valence-electron chi connectivity index (χ1n) is 36.3. The summed E-state index contributed by atoms with van der Waals surface area (Å²) in [4.78, 5) is 38.5. The SMILES string of the molecule is CCCCCCCC/C=C\CCCCCCCCCC(=O)OCC(COC(=O)CCCCCCCCCCCCCCCCCCCCCCCCCC)OC(=O)CCCCCCCCCCC/C=C\CCCCCCCCCC. The van der Waals surface area contributed by atoms with Crippen LogP contribution in [0.2, 0.25) is 0 Å². The summed E-state index contributed by atoms with van der Waals surface area (Å²) in [7, 11) is 0. The van der Waals surface area contributed by atoms with Crippen LogP contribution < -0.4 is 0 Å². The highest BCUT2D eigenvalue weighted by molar-refractivity contribution is 5.71. The van der Waals surface area contributed by atoms with E-state index in [-0.39, 0.29) is 31.1 Å². The summed E-state index contributed by atoms with van der Waals surface area (Å²) in [5.41, 5.74) is 0. The van der Waals surface area contributed by atoms with Crippen molar-refractivity contribution in [3.8, 4) is 0 Å². The molecule has 80 heavy (non-hydrogen) atoms. The predicted octanol–water partition coefficient (Wildman–Crippen LogP) is 25.0. The van der Waals surface area contributed by atoms with E-state index in [0.29, 0.717) is 19.3 Å². The summed E-state index contributed by atoms with van der Waals surface area (Å²) < 4.78 is 17.0. The third kappa shape index (κ3) is 66.7. The molecule has 1 unspecified atom stereocenters. The highest BCUT2D eigenvalue weighted by Gasteiger charge is 2.19. The highest BCUT2D eigenvalue weighted by Crippen LogP contribution is 2.19. The van der Waals surface area contributed by atoms with Crippen molar-refractivity contribution in [1.82, 2.24) is 0 Å². The number of allylic oxidation sites excluding steroid dienone is 4. The summed E-state index contributed by atoms with van der Waals surface area (Å²) in [6.45, 7) is 6.72. The zero-order chi connectivity index (χ0) is 57.8. The Morgan fingerprint density at radius 2 is 0.412 bits per heavy atom. The predicted molar refractivity (Wildman–Crippen MR) is 349 cm³/mol.